The van der Waals surface area contributed by atoms with Crippen molar-refractivity contribution in [3.05, 3.63) is 41.8 Å². The Morgan fingerprint density at radius 3 is 2.53 bits per heavy atom. The van der Waals surface area contributed by atoms with Gasteiger partial charge in [0, 0.05) is 10.8 Å². The summed E-state index contributed by atoms with van der Waals surface area (Å²) in [7, 11) is 0. The fourth-order valence-electron chi connectivity index (χ4n) is 1.98. The first-order valence-corrected chi connectivity index (χ1v) is 8.06. The van der Waals surface area contributed by atoms with E-state index in [0.29, 0.717) is 0 Å². The standard InChI is InChI=1S/C17H26OS/c1-4-5-6-10-13-17(18)14(2)15(3)19-16-11-8-7-9-12-16/h7-9,11-12,14,17-18H,3-6,10,13H2,1-2H3/t14-,17-/m0/s1. The molecule has 0 spiro atoms. The number of unbranched alkanes of at least 4 members (excludes halogenated alkanes) is 3. The zero-order chi connectivity index (χ0) is 14.1. The normalized spacial score (nSPS) is 14.1. The highest BCUT2D eigenvalue weighted by Crippen LogP contribution is 2.32. The van der Waals surface area contributed by atoms with E-state index in [4.69, 9.17) is 0 Å². The first-order valence-electron chi connectivity index (χ1n) is 7.25. The maximum atomic E-state index is 10.2. The van der Waals surface area contributed by atoms with Crippen LogP contribution in [0.3, 0.4) is 0 Å². The SMILES string of the molecule is C=C(Sc1ccccc1)[C@H](C)[C@@H](O)CCCCCC. The van der Waals surface area contributed by atoms with Gasteiger partial charge in [0.1, 0.15) is 0 Å². The van der Waals surface area contributed by atoms with Gasteiger partial charge in [0.05, 0.1) is 6.10 Å². The molecule has 0 saturated carbocycles. The van der Waals surface area contributed by atoms with Crippen molar-refractivity contribution in [2.45, 2.75) is 57.0 Å². The average Bonchev–Trinajstić information content (AvgIpc) is 2.43. The first kappa shape index (κ1) is 16.3. The van der Waals surface area contributed by atoms with Crippen LogP contribution in [-0.4, -0.2) is 11.2 Å². The lowest BCUT2D eigenvalue weighted by atomic mass is 9.99. The lowest BCUT2D eigenvalue weighted by molar-refractivity contribution is 0.123. The second-order valence-corrected chi connectivity index (χ2v) is 6.29. The van der Waals surface area contributed by atoms with Crippen LogP contribution < -0.4 is 0 Å². The largest absolute Gasteiger partial charge is 0.392 e. The molecule has 0 fully saturated rings. The van der Waals surface area contributed by atoms with Crippen molar-refractivity contribution in [2.24, 2.45) is 5.92 Å². The van der Waals surface area contributed by atoms with Crippen molar-refractivity contribution in [3.63, 3.8) is 0 Å². The number of benzene rings is 1. The Bertz CT molecular complexity index is 361. The lowest BCUT2D eigenvalue weighted by Crippen LogP contribution is -2.18. The van der Waals surface area contributed by atoms with Crippen molar-refractivity contribution >= 4 is 11.8 Å². The van der Waals surface area contributed by atoms with Crippen LogP contribution in [0.5, 0.6) is 0 Å². The van der Waals surface area contributed by atoms with E-state index in [1.54, 1.807) is 11.8 Å². The zero-order valence-corrected chi connectivity index (χ0v) is 13.0. The van der Waals surface area contributed by atoms with Crippen LogP contribution in [-0.2, 0) is 0 Å². The molecule has 1 rings (SSSR count). The highest BCUT2D eigenvalue weighted by Gasteiger charge is 2.17. The summed E-state index contributed by atoms with van der Waals surface area (Å²) in [6.07, 6.45) is 5.46. The Labute approximate surface area is 122 Å². The molecule has 0 radical (unpaired) electrons. The monoisotopic (exact) mass is 278 g/mol. The van der Waals surface area contributed by atoms with Gasteiger partial charge in [-0.2, -0.15) is 0 Å². The van der Waals surface area contributed by atoms with Crippen LogP contribution in [0.25, 0.3) is 0 Å². The van der Waals surface area contributed by atoms with E-state index in [-0.39, 0.29) is 12.0 Å². The molecule has 0 aliphatic carbocycles. The molecule has 1 aromatic carbocycles. The molecule has 106 valence electrons. The maximum absolute atomic E-state index is 10.2. The van der Waals surface area contributed by atoms with E-state index in [1.807, 2.05) is 18.2 Å². The van der Waals surface area contributed by atoms with Crippen molar-refractivity contribution in [2.75, 3.05) is 0 Å². The summed E-state index contributed by atoms with van der Waals surface area (Å²) in [5, 5.41) is 10.2. The van der Waals surface area contributed by atoms with E-state index < -0.39 is 0 Å². The van der Waals surface area contributed by atoms with E-state index in [9.17, 15) is 5.11 Å². The molecule has 2 atom stereocenters. The molecule has 0 saturated heterocycles. The predicted molar refractivity (Wildman–Crippen MR) is 85.4 cm³/mol. The molecule has 0 amide bonds. The Morgan fingerprint density at radius 1 is 1.21 bits per heavy atom. The van der Waals surface area contributed by atoms with E-state index >= 15 is 0 Å². The van der Waals surface area contributed by atoms with Crippen LogP contribution in [0.15, 0.2) is 46.7 Å². The van der Waals surface area contributed by atoms with Gasteiger partial charge in [-0.25, -0.2) is 0 Å². The minimum Gasteiger partial charge on any atom is -0.392 e. The zero-order valence-electron chi connectivity index (χ0n) is 12.1. The third-order valence-electron chi connectivity index (χ3n) is 3.43. The van der Waals surface area contributed by atoms with Gasteiger partial charge in [0.2, 0.25) is 0 Å². The van der Waals surface area contributed by atoms with E-state index in [0.717, 1.165) is 17.7 Å². The number of thioether (sulfide) groups is 1. The Morgan fingerprint density at radius 2 is 1.89 bits per heavy atom. The summed E-state index contributed by atoms with van der Waals surface area (Å²) < 4.78 is 0. The molecule has 0 unspecified atom stereocenters. The molecular weight excluding hydrogens is 252 g/mol. The van der Waals surface area contributed by atoms with Gasteiger partial charge >= 0.3 is 0 Å². The Kier molecular flexibility index (Phi) is 7.92. The van der Waals surface area contributed by atoms with Crippen molar-refractivity contribution < 1.29 is 5.11 Å². The summed E-state index contributed by atoms with van der Waals surface area (Å²) in [6.45, 7) is 8.40. The minimum atomic E-state index is -0.263. The molecule has 0 aliphatic rings. The maximum Gasteiger partial charge on any atom is 0.0611 e. The Hall–Kier alpha value is -0.730. The van der Waals surface area contributed by atoms with Gasteiger partial charge < -0.3 is 5.11 Å². The minimum absolute atomic E-state index is 0.145. The number of hydrogen-bond donors (Lipinski definition) is 1. The van der Waals surface area contributed by atoms with Gasteiger partial charge in [0.15, 0.2) is 0 Å². The third kappa shape index (κ3) is 6.31. The molecule has 0 heterocycles. The number of aliphatic hydroxyl groups is 1. The predicted octanol–water partition coefficient (Wildman–Crippen LogP) is 5.26. The Balaban J connectivity index is 2.35. The number of rotatable bonds is 9. The fourth-order valence-corrected chi connectivity index (χ4v) is 2.92. The van der Waals surface area contributed by atoms with Crippen LogP contribution >= 0.6 is 11.8 Å². The van der Waals surface area contributed by atoms with Crippen molar-refractivity contribution in [3.8, 4) is 0 Å². The van der Waals surface area contributed by atoms with Crippen molar-refractivity contribution in [1.82, 2.24) is 0 Å². The molecule has 1 aromatic rings. The van der Waals surface area contributed by atoms with Crippen LogP contribution in [0.2, 0.25) is 0 Å². The van der Waals surface area contributed by atoms with E-state index in [2.05, 4.69) is 32.6 Å². The third-order valence-corrected chi connectivity index (χ3v) is 4.57. The average molecular weight is 278 g/mol. The summed E-state index contributed by atoms with van der Waals surface area (Å²) in [6, 6.07) is 10.2. The second-order valence-electron chi connectivity index (χ2n) is 5.09. The fraction of sp³-hybridized carbons (Fsp3) is 0.529. The lowest BCUT2D eigenvalue weighted by Gasteiger charge is -2.20. The summed E-state index contributed by atoms with van der Waals surface area (Å²) in [5.74, 6) is 0.145. The molecule has 0 aromatic heterocycles. The summed E-state index contributed by atoms with van der Waals surface area (Å²) >= 11 is 1.67. The quantitative estimate of drug-likeness (QED) is 0.491. The number of aliphatic hydroxyl groups excluding tert-OH is 1. The molecule has 0 aliphatic heterocycles. The highest BCUT2D eigenvalue weighted by atomic mass is 32.2. The first-order chi connectivity index (χ1) is 9.15. The van der Waals surface area contributed by atoms with Crippen LogP contribution in [0.4, 0.5) is 0 Å². The van der Waals surface area contributed by atoms with Gasteiger partial charge in [0.25, 0.3) is 0 Å². The molecule has 0 bridgehead atoms. The molecule has 19 heavy (non-hydrogen) atoms. The number of hydrogen-bond acceptors (Lipinski definition) is 2. The van der Waals surface area contributed by atoms with Gasteiger partial charge in [-0.1, -0.05) is 76.1 Å². The molecule has 2 heteroatoms. The van der Waals surface area contributed by atoms with Crippen LogP contribution in [0.1, 0.15) is 46.0 Å². The van der Waals surface area contributed by atoms with E-state index in [1.165, 1.54) is 24.2 Å². The van der Waals surface area contributed by atoms with Gasteiger partial charge in [-0.3, -0.25) is 0 Å². The molecule has 1 nitrogen and oxygen atoms in total. The highest BCUT2D eigenvalue weighted by molar-refractivity contribution is 8.03. The van der Waals surface area contributed by atoms with Crippen LogP contribution in [0, 0.1) is 5.92 Å². The summed E-state index contributed by atoms with van der Waals surface area (Å²) in [4.78, 5) is 2.24. The topological polar surface area (TPSA) is 20.2 Å². The van der Waals surface area contributed by atoms with Crippen molar-refractivity contribution in [1.29, 1.82) is 0 Å². The van der Waals surface area contributed by atoms with Gasteiger partial charge in [-0.15, -0.1) is 0 Å². The summed E-state index contributed by atoms with van der Waals surface area (Å²) in [5.41, 5.74) is 0. The molecule has 1 N–H and O–H groups in total. The second kappa shape index (κ2) is 9.22. The smallest absolute Gasteiger partial charge is 0.0611 e. The van der Waals surface area contributed by atoms with Gasteiger partial charge in [-0.05, 0) is 23.5 Å². The molecular formula is C17H26OS.